The molecule has 0 fully saturated rings. The number of anilines is 1. The summed E-state index contributed by atoms with van der Waals surface area (Å²) >= 11 is 3.57. The van der Waals surface area contributed by atoms with E-state index in [4.69, 9.17) is 0 Å². The summed E-state index contributed by atoms with van der Waals surface area (Å²) in [5.74, 6) is 0. The van der Waals surface area contributed by atoms with Gasteiger partial charge in [0.1, 0.15) is 0 Å². The van der Waals surface area contributed by atoms with Crippen LogP contribution in [0.15, 0.2) is 46.7 Å². The van der Waals surface area contributed by atoms with Gasteiger partial charge in [0.2, 0.25) is 0 Å². The van der Waals surface area contributed by atoms with Crippen molar-refractivity contribution < 1.29 is 0 Å². The minimum atomic E-state index is 0.369. The Balaban J connectivity index is 2.14. The standard InChI is InChI=1S/C13H15NS2/c1-10(12-8-5-9-16-12)14-11-6-3-4-7-13(11)15-2/h3-10,14H,1-2H3. The SMILES string of the molecule is CSc1ccccc1NC(C)c1cccs1. The maximum Gasteiger partial charge on any atom is 0.0578 e. The molecular weight excluding hydrogens is 234 g/mol. The second-order valence-corrected chi connectivity index (χ2v) is 5.41. The number of benzene rings is 1. The van der Waals surface area contributed by atoms with Crippen LogP contribution in [-0.2, 0) is 0 Å². The number of para-hydroxylation sites is 1. The minimum Gasteiger partial charge on any atom is -0.377 e. The van der Waals surface area contributed by atoms with Gasteiger partial charge in [0.25, 0.3) is 0 Å². The summed E-state index contributed by atoms with van der Waals surface area (Å²) in [5.41, 5.74) is 1.22. The molecule has 1 nitrogen and oxygen atoms in total. The van der Waals surface area contributed by atoms with Gasteiger partial charge in [-0.25, -0.2) is 0 Å². The Morgan fingerprint density at radius 2 is 2.00 bits per heavy atom. The third-order valence-electron chi connectivity index (χ3n) is 2.45. The van der Waals surface area contributed by atoms with Gasteiger partial charge in [-0.05, 0) is 36.8 Å². The topological polar surface area (TPSA) is 12.0 Å². The van der Waals surface area contributed by atoms with Crippen LogP contribution in [0.5, 0.6) is 0 Å². The van der Waals surface area contributed by atoms with E-state index in [0.29, 0.717) is 6.04 Å². The van der Waals surface area contributed by atoms with E-state index >= 15 is 0 Å². The molecule has 1 atom stereocenters. The van der Waals surface area contributed by atoms with Gasteiger partial charge >= 0.3 is 0 Å². The molecule has 0 spiro atoms. The average molecular weight is 249 g/mol. The molecule has 0 radical (unpaired) electrons. The monoisotopic (exact) mass is 249 g/mol. The van der Waals surface area contributed by atoms with Gasteiger partial charge < -0.3 is 5.32 Å². The maximum atomic E-state index is 3.55. The molecule has 0 aliphatic rings. The molecule has 0 saturated carbocycles. The summed E-state index contributed by atoms with van der Waals surface area (Å²) in [5, 5.41) is 5.67. The molecular formula is C13H15NS2. The lowest BCUT2D eigenvalue weighted by atomic mass is 10.2. The van der Waals surface area contributed by atoms with Gasteiger partial charge in [0.15, 0.2) is 0 Å². The maximum absolute atomic E-state index is 3.55. The molecule has 1 N–H and O–H groups in total. The van der Waals surface area contributed by atoms with Crippen molar-refractivity contribution in [2.45, 2.75) is 17.9 Å². The van der Waals surface area contributed by atoms with Gasteiger partial charge in [0.05, 0.1) is 6.04 Å². The van der Waals surface area contributed by atoms with Crippen LogP contribution in [-0.4, -0.2) is 6.26 Å². The summed E-state index contributed by atoms with van der Waals surface area (Å²) in [4.78, 5) is 2.67. The second kappa shape index (κ2) is 5.41. The predicted octanol–water partition coefficient (Wildman–Crippen LogP) is 4.64. The second-order valence-electron chi connectivity index (χ2n) is 3.58. The van der Waals surface area contributed by atoms with Gasteiger partial charge in [-0.3, -0.25) is 0 Å². The number of thiophene rings is 1. The zero-order valence-electron chi connectivity index (χ0n) is 9.44. The average Bonchev–Trinajstić information content (AvgIpc) is 2.83. The van der Waals surface area contributed by atoms with Crippen LogP contribution in [0, 0.1) is 0 Å². The van der Waals surface area contributed by atoms with E-state index in [-0.39, 0.29) is 0 Å². The zero-order chi connectivity index (χ0) is 11.4. The molecule has 1 heterocycles. The number of hydrogen-bond donors (Lipinski definition) is 1. The van der Waals surface area contributed by atoms with Crippen molar-refractivity contribution >= 4 is 28.8 Å². The fraction of sp³-hybridized carbons (Fsp3) is 0.231. The largest absolute Gasteiger partial charge is 0.377 e. The first-order chi connectivity index (χ1) is 7.81. The highest BCUT2D eigenvalue weighted by atomic mass is 32.2. The van der Waals surface area contributed by atoms with E-state index in [0.717, 1.165) is 0 Å². The van der Waals surface area contributed by atoms with Crippen LogP contribution in [0.1, 0.15) is 17.8 Å². The third-order valence-corrected chi connectivity index (χ3v) is 4.30. The van der Waals surface area contributed by atoms with Crippen molar-refractivity contribution in [3.8, 4) is 0 Å². The lowest BCUT2D eigenvalue weighted by molar-refractivity contribution is 0.902. The minimum absolute atomic E-state index is 0.369. The van der Waals surface area contributed by atoms with Crippen molar-refractivity contribution in [2.24, 2.45) is 0 Å². The van der Waals surface area contributed by atoms with Crippen LogP contribution >= 0.6 is 23.1 Å². The van der Waals surface area contributed by atoms with Gasteiger partial charge in [-0.1, -0.05) is 18.2 Å². The molecule has 0 amide bonds. The molecule has 1 aromatic heterocycles. The molecule has 3 heteroatoms. The lowest BCUT2D eigenvalue weighted by Crippen LogP contribution is -2.05. The smallest absolute Gasteiger partial charge is 0.0578 e. The molecule has 0 aliphatic heterocycles. The highest BCUT2D eigenvalue weighted by molar-refractivity contribution is 7.98. The first kappa shape index (κ1) is 11.6. The quantitative estimate of drug-likeness (QED) is 0.792. The Labute approximate surface area is 105 Å². The van der Waals surface area contributed by atoms with Crippen molar-refractivity contribution in [3.63, 3.8) is 0 Å². The molecule has 2 rings (SSSR count). The van der Waals surface area contributed by atoms with Crippen LogP contribution in [0.3, 0.4) is 0 Å². The molecule has 16 heavy (non-hydrogen) atoms. The van der Waals surface area contributed by atoms with Crippen molar-refractivity contribution in [2.75, 3.05) is 11.6 Å². The lowest BCUT2D eigenvalue weighted by Gasteiger charge is -2.16. The van der Waals surface area contributed by atoms with Gasteiger partial charge in [-0.2, -0.15) is 0 Å². The van der Waals surface area contributed by atoms with Crippen molar-refractivity contribution in [3.05, 3.63) is 46.7 Å². The highest BCUT2D eigenvalue weighted by Crippen LogP contribution is 2.29. The summed E-state index contributed by atoms with van der Waals surface area (Å²) in [7, 11) is 0. The van der Waals surface area contributed by atoms with E-state index < -0.39 is 0 Å². The zero-order valence-corrected chi connectivity index (χ0v) is 11.1. The molecule has 0 saturated heterocycles. The van der Waals surface area contributed by atoms with E-state index in [9.17, 15) is 0 Å². The number of hydrogen-bond acceptors (Lipinski definition) is 3. The molecule has 0 bridgehead atoms. The molecule has 1 aromatic carbocycles. The number of rotatable bonds is 4. The Bertz CT molecular complexity index is 437. The molecule has 84 valence electrons. The third kappa shape index (κ3) is 2.60. The number of nitrogens with one attached hydrogen (secondary N) is 1. The summed E-state index contributed by atoms with van der Waals surface area (Å²) in [6.07, 6.45) is 2.11. The fourth-order valence-electron chi connectivity index (χ4n) is 1.61. The van der Waals surface area contributed by atoms with Gasteiger partial charge in [-0.15, -0.1) is 23.1 Å². The van der Waals surface area contributed by atoms with E-state index in [1.807, 2.05) is 0 Å². The van der Waals surface area contributed by atoms with E-state index in [1.165, 1.54) is 15.5 Å². The van der Waals surface area contributed by atoms with E-state index in [2.05, 4.69) is 60.3 Å². The molecule has 0 aliphatic carbocycles. The Kier molecular flexibility index (Phi) is 3.91. The first-order valence-electron chi connectivity index (χ1n) is 5.24. The molecule has 1 unspecified atom stereocenters. The summed E-state index contributed by atoms with van der Waals surface area (Å²) < 4.78 is 0. The van der Waals surface area contributed by atoms with Crippen molar-refractivity contribution in [1.82, 2.24) is 0 Å². The predicted molar refractivity (Wildman–Crippen MR) is 74.6 cm³/mol. The van der Waals surface area contributed by atoms with Crippen molar-refractivity contribution in [1.29, 1.82) is 0 Å². The number of thioether (sulfide) groups is 1. The Morgan fingerprint density at radius 1 is 1.19 bits per heavy atom. The first-order valence-corrected chi connectivity index (χ1v) is 7.34. The van der Waals surface area contributed by atoms with Crippen LogP contribution in [0.25, 0.3) is 0 Å². The fourth-order valence-corrected chi connectivity index (χ4v) is 2.90. The van der Waals surface area contributed by atoms with Gasteiger partial charge in [0, 0.05) is 15.5 Å². The van der Waals surface area contributed by atoms with E-state index in [1.54, 1.807) is 23.1 Å². The Morgan fingerprint density at radius 3 is 2.69 bits per heavy atom. The van der Waals surface area contributed by atoms with Crippen LogP contribution in [0.4, 0.5) is 5.69 Å². The normalized spacial score (nSPS) is 12.4. The van der Waals surface area contributed by atoms with Crippen LogP contribution in [0.2, 0.25) is 0 Å². The van der Waals surface area contributed by atoms with Crippen LogP contribution < -0.4 is 5.32 Å². The summed E-state index contributed by atoms with van der Waals surface area (Å²) in [6, 6.07) is 13.1. The highest BCUT2D eigenvalue weighted by Gasteiger charge is 2.07. The molecule has 2 aromatic rings. The summed E-state index contributed by atoms with van der Waals surface area (Å²) in [6.45, 7) is 2.20. The Hall–Kier alpha value is -0.930.